The van der Waals surface area contributed by atoms with Crippen LogP contribution < -0.4 is 9.84 Å². The Morgan fingerprint density at radius 2 is 1.22 bits per heavy atom. The van der Waals surface area contributed by atoms with E-state index in [-0.39, 0.29) is 5.75 Å². The van der Waals surface area contributed by atoms with Crippen LogP contribution in [0.25, 0.3) is 32.7 Å². The molecule has 0 aliphatic rings. The van der Waals surface area contributed by atoms with E-state index >= 15 is 0 Å². The standard InChI is InChI=1S/C21H16O2/c1-23-19-13-11-15-7-3-5-9-17(15)21(19)20-16-8-4-2-6-14(16)10-12-18(20)22/h2-13,22H,1H3/p-1. The summed E-state index contributed by atoms with van der Waals surface area (Å²) < 4.78 is 5.57. The number of methoxy groups -OCH3 is 1. The van der Waals surface area contributed by atoms with Crippen molar-refractivity contribution in [3.63, 3.8) is 0 Å². The van der Waals surface area contributed by atoms with Crippen molar-refractivity contribution in [1.82, 2.24) is 0 Å². The molecule has 0 aliphatic carbocycles. The van der Waals surface area contributed by atoms with Crippen LogP contribution in [0.1, 0.15) is 0 Å². The van der Waals surface area contributed by atoms with Gasteiger partial charge in [-0.3, -0.25) is 0 Å². The summed E-state index contributed by atoms with van der Waals surface area (Å²) in [6.45, 7) is 0. The second kappa shape index (κ2) is 5.33. The Morgan fingerprint density at radius 1 is 0.652 bits per heavy atom. The van der Waals surface area contributed by atoms with Crippen LogP contribution in [-0.4, -0.2) is 7.11 Å². The molecule has 2 nitrogen and oxygen atoms in total. The third kappa shape index (κ3) is 2.11. The zero-order chi connectivity index (χ0) is 15.8. The van der Waals surface area contributed by atoms with Gasteiger partial charge in [0.2, 0.25) is 0 Å². The van der Waals surface area contributed by atoms with Crippen LogP contribution in [0, 0.1) is 0 Å². The fourth-order valence-electron chi connectivity index (χ4n) is 3.19. The third-order valence-electron chi connectivity index (χ3n) is 4.25. The van der Waals surface area contributed by atoms with Crippen LogP contribution in [0.3, 0.4) is 0 Å². The maximum atomic E-state index is 12.7. The van der Waals surface area contributed by atoms with Gasteiger partial charge in [0.25, 0.3) is 0 Å². The summed E-state index contributed by atoms with van der Waals surface area (Å²) in [7, 11) is 1.64. The summed E-state index contributed by atoms with van der Waals surface area (Å²) in [6, 6.07) is 23.5. The molecule has 0 unspecified atom stereocenters. The third-order valence-corrected chi connectivity index (χ3v) is 4.25. The molecule has 112 valence electrons. The van der Waals surface area contributed by atoms with Crippen LogP contribution in [-0.2, 0) is 0 Å². The van der Waals surface area contributed by atoms with E-state index in [9.17, 15) is 5.11 Å². The topological polar surface area (TPSA) is 32.3 Å². The molecule has 0 bridgehead atoms. The lowest BCUT2D eigenvalue weighted by molar-refractivity contribution is -0.267. The van der Waals surface area contributed by atoms with Gasteiger partial charge in [0.1, 0.15) is 5.75 Å². The summed E-state index contributed by atoms with van der Waals surface area (Å²) in [4.78, 5) is 0. The second-order valence-electron chi connectivity index (χ2n) is 5.52. The Kier molecular flexibility index (Phi) is 3.16. The predicted molar refractivity (Wildman–Crippen MR) is 92.9 cm³/mol. The van der Waals surface area contributed by atoms with Crippen LogP contribution in [0.2, 0.25) is 0 Å². The van der Waals surface area contributed by atoms with E-state index in [1.165, 1.54) is 0 Å². The van der Waals surface area contributed by atoms with Crippen LogP contribution in [0.15, 0.2) is 72.8 Å². The Morgan fingerprint density at radius 3 is 1.87 bits per heavy atom. The zero-order valence-electron chi connectivity index (χ0n) is 12.7. The highest BCUT2D eigenvalue weighted by atomic mass is 16.5. The molecule has 0 N–H and O–H groups in total. The molecule has 0 aromatic heterocycles. The summed E-state index contributed by atoms with van der Waals surface area (Å²) >= 11 is 0. The molecule has 0 heterocycles. The van der Waals surface area contributed by atoms with Gasteiger partial charge in [0.15, 0.2) is 0 Å². The van der Waals surface area contributed by atoms with E-state index < -0.39 is 0 Å². The highest BCUT2D eigenvalue weighted by Gasteiger charge is 2.14. The van der Waals surface area contributed by atoms with E-state index in [1.54, 1.807) is 13.2 Å². The highest BCUT2D eigenvalue weighted by Crippen LogP contribution is 2.43. The maximum Gasteiger partial charge on any atom is 0.127 e. The van der Waals surface area contributed by atoms with Gasteiger partial charge < -0.3 is 9.84 Å². The van der Waals surface area contributed by atoms with Crippen molar-refractivity contribution in [3.8, 4) is 22.6 Å². The van der Waals surface area contributed by atoms with Crippen molar-refractivity contribution < 1.29 is 9.84 Å². The summed E-state index contributed by atoms with van der Waals surface area (Å²) in [5.41, 5.74) is 1.57. The summed E-state index contributed by atoms with van der Waals surface area (Å²) in [5.74, 6) is 0.732. The van der Waals surface area contributed by atoms with Crippen LogP contribution >= 0.6 is 0 Å². The molecule has 23 heavy (non-hydrogen) atoms. The Labute approximate surface area is 134 Å². The average molecular weight is 299 g/mol. The van der Waals surface area contributed by atoms with Gasteiger partial charge in [0.05, 0.1) is 7.11 Å². The van der Waals surface area contributed by atoms with E-state index in [1.807, 2.05) is 66.7 Å². The van der Waals surface area contributed by atoms with Crippen LogP contribution in [0.4, 0.5) is 0 Å². The molecule has 4 rings (SSSR count). The first-order chi connectivity index (χ1) is 11.3. The SMILES string of the molecule is COc1ccc2ccccc2c1-c1c([O-])ccc2ccccc12. The molecule has 4 aromatic carbocycles. The highest BCUT2D eigenvalue weighted by molar-refractivity contribution is 6.09. The van der Waals surface area contributed by atoms with Gasteiger partial charge in [-0.1, -0.05) is 66.7 Å². The minimum Gasteiger partial charge on any atom is -0.872 e. The fourth-order valence-corrected chi connectivity index (χ4v) is 3.19. The first-order valence-electron chi connectivity index (χ1n) is 7.54. The average Bonchev–Trinajstić information content (AvgIpc) is 2.61. The summed E-state index contributed by atoms with van der Waals surface area (Å²) in [6.07, 6.45) is 0. The van der Waals surface area contributed by atoms with E-state index in [0.717, 1.165) is 32.9 Å². The van der Waals surface area contributed by atoms with Crippen molar-refractivity contribution >= 4 is 21.5 Å². The number of fused-ring (bicyclic) bond motifs is 2. The molecule has 4 aromatic rings. The lowest BCUT2D eigenvalue weighted by atomic mass is 9.92. The predicted octanol–water partition coefficient (Wildman–Crippen LogP) is 4.74. The van der Waals surface area contributed by atoms with Gasteiger partial charge in [0, 0.05) is 5.56 Å². The lowest BCUT2D eigenvalue weighted by Gasteiger charge is -2.20. The molecule has 2 heteroatoms. The molecule has 0 saturated carbocycles. The zero-order valence-corrected chi connectivity index (χ0v) is 12.7. The molecule has 0 amide bonds. The first-order valence-corrected chi connectivity index (χ1v) is 7.54. The smallest absolute Gasteiger partial charge is 0.127 e. The normalized spacial score (nSPS) is 11.0. The molecular formula is C21H15O2-. The van der Waals surface area contributed by atoms with Gasteiger partial charge in [-0.15, -0.1) is 5.75 Å². The fraction of sp³-hybridized carbons (Fsp3) is 0.0476. The minimum absolute atomic E-state index is 0.0124. The quantitative estimate of drug-likeness (QED) is 0.535. The number of ether oxygens (including phenoxy) is 1. The van der Waals surface area contributed by atoms with Crippen molar-refractivity contribution in [3.05, 3.63) is 72.8 Å². The molecule has 0 spiro atoms. The largest absolute Gasteiger partial charge is 0.872 e. The monoisotopic (exact) mass is 299 g/mol. The van der Waals surface area contributed by atoms with Crippen molar-refractivity contribution in [1.29, 1.82) is 0 Å². The van der Waals surface area contributed by atoms with Crippen LogP contribution in [0.5, 0.6) is 11.5 Å². The molecular weight excluding hydrogens is 284 g/mol. The number of rotatable bonds is 2. The van der Waals surface area contributed by atoms with Gasteiger partial charge in [-0.2, -0.15) is 0 Å². The van der Waals surface area contributed by atoms with E-state index in [4.69, 9.17) is 4.74 Å². The summed E-state index contributed by atoms with van der Waals surface area (Å²) in [5, 5.41) is 16.8. The van der Waals surface area contributed by atoms with Gasteiger partial charge in [-0.05, 0) is 33.2 Å². The number of hydrogen-bond donors (Lipinski definition) is 0. The maximum absolute atomic E-state index is 12.7. The van der Waals surface area contributed by atoms with Crippen molar-refractivity contribution in [2.45, 2.75) is 0 Å². The Hall–Kier alpha value is -3.00. The molecule has 0 fully saturated rings. The van der Waals surface area contributed by atoms with Gasteiger partial charge >= 0.3 is 0 Å². The lowest BCUT2D eigenvalue weighted by Crippen LogP contribution is -1.97. The Balaban J connectivity index is 2.21. The number of hydrogen-bond acceptors (Lipinski definition) is 2. The molecule has 0 saturated heterocycles. The van der Waals surface area contributed by atoms with Crippen molar-refractivity contribution in [2.75, 3.05) is 7.11 Å². The van der Waals surface area contributed by atoms with E-state index in [2.05, 4.69) is 0 Å². The first kappa shape index (κ1) is 13.6. The molecule has 0 atom stereocenters. The minimum atomic E-state index is 0.0124. The Bertz CT molecular complexity index is 1020. The van der Waals surface area contributed by atoms with E-state index in [0.29, 0.717) is 5.56 Å². The second-order valence-corrected chi connectivity index (χ2v) is 5.52. The molecule has 0 radical (unpaired) electrons. The van der Waals surface area contributed by atoms with Crippen molar-refractivity contribution in [2.24, 2.45) is 0 Å². The van der Waals surface area contributed by atoms with Gasteiger partial charge in [-0.25, -0.2) is 0 Å². The molecule has 0 aliphatic heterocycles. The number of benzene rings is 4.